The molecule has 8 nitrogen and oxygen atoms in total. The van der Waals surface area contributed by atoms with Crippen molar-refractivity contribution in [2.24, 2.45) is 0 Å². The van der Waals surface area contributed by atoms with Gasteiger partial charge in [0.15, 0.2) is 5.13 Å². The summed E-state index contributed by atoms with van der Waals surface area (Å²) in [6.45, 7) is 6.12. The summed E-state index contributed by atoms with van der Waals surface area (Å²) in [4.78, 5) is 44.6. The minimum Gasteiger partial charge on any atom is -0.507 e. The fourth-order valence-corrected chi connectivity index (χ4v) is 4.96. The van der Waals surface area contributed by atoms with E-state index in [1.54, 1.807) is 43.3 Å². The van der Waals surface area contributed by atoms with Gasteiger partial charge in [-0.3, -0.25) is 14.5 Å². The fraction of sp³-hybridized carbons (Fsp3) is 0.259. The lowest BCUT2D eigenvalue weighted by Gasteiger charge is -2.23. The Morgan fingerprint density at radius 1 is 1.08 bits per heavy atom. The molecule has 1 aromatic heterocycles. The second kappa shape index (κ2) is 10.3. The van der Waals surface area contributed by atoms with Gasteiger partial charge in [-0.15, -0.1) is 0 Å². The van der Waals surface area contributed by atoms with Crippen LogP contribution in [0.2, 0.25) is 0 Å². The molecular weight excluding hydrogens is 480 g/mol. The van der Waals surface area contributed by atoms with E-state index in [0.29, 0.717) is 29.2 Å². The van der Waals surface area contributed by atoms with Crippen molar-refractivity contribution >= 4 is 39.9 Å². The van der Waals surface area contributed by atoms with Crippen LogP contribution in [0.15, 0.2) is 54.1 Å². The van der Waals surface area contributed by atoms with Gasteiger partial charge in [0.25, 0.3) is 5.78 Å². The number of ether oxygens (including phenoxy) is 2. The number of carbonyl (C=O) groups is 3. The number of rotatable bonds is 7. The van der Waals surface area contributed by atoms with Crippen LogP contribution in [0.4, 0.5) is 5.13 Å². The van der Waals surface area contributed by atoms with Gasteiger partial charge in [0.1, 0.15) is 16.4 Å². The Morgan fingerprint density at radius 2 is 1.75 bits per heavy atom. The van der Waals surface area contributed by atoms with Crippen LogP contribution >= 0.6 is 11.3 Å². The number of carbonyl (C=O) groups excluding carboxylic acids is 3. The van der Waals surface area contributed by atoms with Gasteiger partial charge in [-0.2, -0.15) is 0 Å². The molecule has 2 aromatic carbocycles. The minimum atomic E-state index is -0.933. The molecule has 0 radical (unpaired) electrons. The normalized spacial score (nSPS) is 16.9. The van der Waals surface area contributed by atoms with Crippen LogP contribution in [-0.2, 0) is 14.3 Å². The van der Waals surface area contributed by atoms with Crippen molar-refractivity contribution in [3.8, 4) is 5.75 Å². The fourth-order valence-electron chi connectivity index (χ4n) is 3.95. The topological polar surface area (TPSA) is 106 Å². The van der Waals surface area contributed by atoms with Crippen LogP contribution in [0.1, 0.15) is 51.4 Å². The highest BCUT2D eigenvalue weighted by molar-refractivity contribution is 7.17. The first-order valence-electron chi connectivity index (χ1n) is 11.4. The number of esters is 1. The highest BCUT2D eigenvalue weighted by Gasteiger charge is 2.48. The first-order valence-corrected chi connectivity index (χ1v) is 12.2. The van der Waals surface area contributed by atoms with E-state index in [1.165, 1.54) is 12.0 Å². The van der Waals surface area contributed by atoms with Crippen molar-refractivity contribution in [2.75, 3.05) is 18.6 Å². The summed E-state index contributed by atoms with van der Waals surface area (Å²) in [6, 6.07) is 13.1. The second-order valence-corrected chi connectivity index (χ2v) is 9.33. The second-order valence-electron chi connectivity index (χ2n) is 8.36. The van der Waals surface area contributed by atoms with E-state index >= 15 is 0 Å². The Morgan fingerprint density at radius 3 is 2.36 bits per heavy atom. The van der Waals surface area contributed by atoms with E-state index in [1.807, 2.05) is 26.0 Å². The molecule has 3 aromatic rings. The van der Waals surface area contributed by atoms with E-state index in [2.05, 4.69) is 4.98 Å². The Bertz CT molecular complexity index is 1340. The number of thiazole rings is 1. The summed E-state index contributed by atoms with van der Waals surface area (Å²) in [5.74, 6) is -1.92. The predicted molar refractivity (Wildman–Crippen MR) is 136 cm³/mol. The van der Waals surface area contributed by atoms with Crippen LogP contribution in [0.25, 0.3) is 5.76 Å². The number of hydrogen-bond acceptors (Lipinski definition) is 8. The van der Waals surface area contributed by atoms with Gasteiger partial charge in [0.05, 0.1) is 31.0 Å². The molecule has 1 fully saturated rings. The summed E-state index contributed by atoms with van der Waals surface area (Å²) < 4.78 is 10.4. The van der Waals surface area contributed by atoms with Crippen molar-refractivity contribution in [3.05, 3.63) is 81.4 Å². The van der Waals surface area contributed by atoms with Crippen molar-refractivity contribution < 1.29 is 29.0 Å². The molecule has 0 unspecified atom stereocenters. The van der Waals surface area contributed by atoms with Gasteiger partial charge in [0, 0.05) is 5.56 Å². The predicted octanol–water partition coefficient (Wildman–Crippen LogP) is 4.96. The Kier molecular flexibility index (Phi) is 7.21. The number of Topliss-reactive ketones (excluding diaryl/α,β-unsaturated/α-hetero) is 1. The summed E-state index contributed by atoms with van der Waals surface area (Å²) >= 11 is 0.962. The molecule has 4 rings (SSSR count). The van der Waals surface area contributed by atoms with Gasteiger partial charge >= 0.3 is 11.9 Å². The first-order chi connectivity index (χ1) is 17.3. The maximum Gasteiger partial charge on any atom is 0.350 e. The molecule has 1 aliphatic heterocycles. The average Bonchev–Trinajstić information content (AvgIpc) is 3.39. The number of benzene rings is 2. The minimum absolute atomic E-state index is 0.0569. The maximum atomic E-state index is 13.3. The lowest BCUT2D eigenvalue weighted by atomic mass is 9.95. The number of aromatic nitrogens is 1. The molecule has 1 saturated heterocycles. The Hall–Kier alpha value is -3.98. The Balaban J connectivity index is 1.85. The highest BCUT2D eigenvalue weighted by atomic mass is 32.1. The van der Waals surface area contributed by atoms with Gasteiger partial charge in [-0.1, -0.05) is 48.1 Å². The molecule has 2 heterocycles. The largest absolute Gasteiger partial charge is 0.507 e. The molecule has 0 bridgehead atoms. The molecule has 1 aliphatic rings. The molecule has 1 N–H and O–H groups in total. The number of aliphatic hydroxyl groups is 1. The number of ketones is 1. The average molecular weight is 507 g/mol. The third kappa shape index (κ3) is 4.61. The van der Waals surface area contributed by atoms with Crippen molar-refractivity contribution in [2.45, 2.75) is 33.2 Å². The van der Waals surface area contributed by atoms with E-state index < -0.39 is 23.7 Å². The lowest BCUT2D eigenvalue weighted by molar-refractivity contribution is -0.132. The molecular formula is C27H26N2O6S. The number of aliphatic hydroxyl groups excluding tert-OH is 1. The standard InChI is InChI=1S/C27H26N2O6S/c1-5-14-35-19-12-10-18(11-13-19)22(30)20-21(17-8-6-15(2)7-9-17)29(25(32)23(20)31)27-28-16(3)24(36-27)26(33)34-4/h6-13,21,30H,5,14H2,1-4H3/b22-20+/t21-/m1/s1. The van der Waals surface area contributed by atoms with Gasteiger partial charge < -0.3 is 14.6 Å². The number of aryl methyl sites for hydroxylation is 2. The zero-order valence-electron chi connectivity index (χ0n) is 20.4. The van der Waals surface area contributed by atoms with E-state index in [-0.39, 0.29) is 21.3 Å². The summed E-state index contributed by atoms with van der Waals surface area (Å²) in [5, 5.41) is 11.4. The van der Waals surface area contributed by atoms with Crippen LogP contribution in [0.3, 0.4) is 0 Å². The molecule has 186 valence electrons. The van der Waals surface area contributed by atoms with E-state index in [0.717, 1.165) is 23.3 Å². The monoisotopic (exact) mass is 506 g/mol. The lowest BCUT2D eigenvalue weighted by Crippen LogP contribution is -2.29. The third-order valence-electron chi connectivity index (χ3n) is 5.80. The molecule has 0 saturated carbocycles. The van der Waals surface area contributed by atoms with Crippen LogP contribution in [0.5, 0.6) is 5.75 Å². The van der Waals surface area contributed by atoms with E-state index in [4.69, 9.17) is 9.47 Å². The maximum absolute atomic E-state index is 13.3. The molecule has 9 heteroatoms. The number of anilines is 1. The summed E-state index contributed by atoms with van der Waals surface area (Å²) in [5.41, 5.74) is 2.32. The van der Waals surface area contributed by atoms with Gasteiger partial charge in [0.2, 0.25) is 0 Å². The zero-order chi connectivity index (χ0) is 26.0. The summed E-state index contributed by atoms with van der Waals surface area (Å²) in [7, 11) is 1.26. The molecule has 1 amide bonds. The summed E-state index contributed by atoms with van der Waals surface area (Å²) in [6.07, 6.45) is 0.857. The quantitative estimate of drug-likeness (QED) is 0.209. The number of amides is 1. The van der Waals surface area contributed by atoms with E-state index in [9.17, 15) is 19.5 Å². The third-order valence-corrected chi connectivity index (χ3v) is 6.94. The van der Waals surface area contributed by atoms with Crippen LogP contribution in [0, 0.1) is 13.8 Å². The smallest absolute Gasteiger partial charge is 0.350 e. The number of methoxy groups -OCH3 is 1. The van der Waals surface area contributed by atoms with Gasteiger partial charge in [-0.25, -0.2) is 9.78 Å². The van der Waals surface area contributed by atoms with Crippen molar-refractivity contribution in [3.63, 3.8) is 0 Å². The van der Waals surface area contributed by atoms with Crippen LogP contribution in [-0.4, -0.2) is 41.5 Å². The number of hydrogen-bond donors (Lipinski definition) is 1. The van der Waals surface area contributed by atoms with Crippen molar-refractivity contribution in [1.82, 2.24) is 4.98 Å². The number of nitrogens with zero attached hydrogens (tertiary/aromatic N) is 2. The Labute approximate surface area is 212 Å². The SMILES string of the molecule is CCCOc1ccc(/C(O)=C2\C(=O)C(=O)N(c3nc(C)c(C(=O)OC)s3)[C@@H]2c2ccc(C)cc2)cc1. The highest BCUT2D eigenvalue weighted by Crippen LogP contribution is 2.44. The molecule has 0 spiro atoms. The molecule has 1 atom stereocenters. The zero-order valence-corrected chi connectivity index (χ0v) is 21.2. The first kappa shape index (κ1) is 25.1. The molecule has 0 aliphatic carbocycles. The van der Waals surface area contributed by atoms with Gasteiger partial charge in [-0.05, 0) is 50.1 Å². The van der Waals surface area contributed by atoms with Crippen molar-refractivity contribution in [1.29, 1.82) is 0 Å². The molecule has 36 heavy (non-hydrogen) atoms. The van der Waals surface area contributed by atoms with Crippen LogP contribution < -0.4 is 9.64 Å².